The number of rotatable bonds is 2. The summed E-state index contributed by atoms with van der Waals surface area (Å²) in [7, 11) is 0. The molecule has 2 rings (SSSR count). The van der Waals surface area contributed by atoms with Crippen molar-refractivity contribution < 1.29 is 15.0 Å². The van der Waals surface area contributed by atoms with E-state index in [1.54, 1.807) is 4.90 Å². The SMILES string of the molecule is CC(Cl)C1CCN(C(=O)c2cc(O)cc(O)c2)CC1. The van der Waals surface area contributed by atoms with Crippen LogP contribution >= 0.6 is 11.6 Å². The topological polar surface area (TPSA) is 60.8 Å². The van der Waals surface area contributed by atoms with E-state index in [-0.39, 0.29) is 22.8 Å². The van der Waals surface area contributed by atoms with Crippen molar-refractivity contribution in [2.45, 2.75) is 25.1 Å². The number of piperidine rings is 1. The van der Waals surface area contributed by atoms with Crippen LogP contribution in [0.1, 0.15) is 30.1 Å². The number of aromatic hydroxyl groups is 2. The van der Waals surface area contributed by atoms with Crippen LogP contribution < -0.4 is 0 Å². The molecule has 104 valence electrons. The molecule has 2 N–H and O–H groups in total. The second kappa shape index (κ2) is 5.70. The summed E-state index contributed by atoms with van der Waals surface area (Å²) >= 11 is 6.07. The van der Waals surface area contributed by atoms with Crippen LogP contribution in [0.25, 0.3) is 0 Å². The van der Waals surface area contributed by atoms with Crippen molar-refractivity contribution in [3.63, 3.8) is 0 Å². The maximum Gasteiger partial charge on any atom is 0.254 e. The van der Waals surface area contributed by atoms with E-state index in [9.17, 15) is 15.0 Å². The van der Waals surface area contributed by atoms with Gasteiger partial charge in [0, 0.05) is 30.1 Å². The van der Waals surface area contributed by atoms with Gasteiger partial charge in [-0.2, -0.15) is 0 Å². The zero-order chi connectivity index (χ0) is 14.0. The van der Waals surface area contributed by atoms with Gasteiger partial charge in [-0.3, -0.25) is 4.79 Å². The minimum atomic E-state index is -0.160. The van der Waals surface area contributed by atoms with Crippen molar-refractivity contribution in [1.82, 2.24) is 4.90 Å². The highest BCUT2D eigenvalue weighted by molar-refractivity contribution is 6.20. The average molecular weight is 284 g/mol. The van der Waals surface area contributed by atoms with Crippen LogP contribution in [0, 0.1) is 5.92 Å². The van der Waals surface area contributed by atoms with Gasteiger partial charge in [0.2, 0.25) is 0 Å². The van der Waals surface area contributed by atoms with Gasteiger partial charge in [0.1, 0.15) is 11.5 Å². The van der Waals surface area contributed by atoms with Gasteiger partial charge in [-0.15, -0.1) is 11.6 Å². The number of halogens is 1. The Labute approximate surface area is 117 Å². The Morgan fingerprint density at radius 2 is 1.79 bits per heavy atom. The molecule has 19 heavy (non-hydrogen) atoms. The van der Waals surface area contributed by atoms with E-state index in [0.29, 0.717) is 24.6 Å². The molecule has 1 saturated heterocycles. The molecule has 1 amide bonds. The fourth-order valence-electron chi connectivity index (χ4n) is 2.46. The van der Waals surface area contributed by atoms with Gasteiger partial charge < -0.3 is 15.1 Å². The number of alkyl halides is 1. The molecule has 1 unspecified atom stereocenters. The highest BCUT2D eigenvalue weighted by atomic mass is 35.5. The Bertz CT molecular complexity index is 448. The molecule has 1 aromatic rings. The summed E-state index contributed by atoms with van der Waals surface area (Å²) in [6, 6.07) is 3.95. The minimum absolute atomic E-state index is 0.104. The first-order chi connectivity index (χ1) is 8.97. The Kier molecular flexibility index (Phi) is 4.20. The predicted molar refractivity (Wildman–Crippen MR) is 73.7 cm³/mol. The van der Waals surface area contributed by atoms with Crippen LogP contribution in [-0.2, 0) is 0 Å². The molecule has 1 aliphatic heterocycles. The van der Waals surface area contributed by atoms with E-state index < -0.39 is 0 Å². The van der Waals surface area contributed by atoms with Gasteiger partial charge >= 0.3 is 0 Å². The highest BCUT2D eigenvalue weighted by Crippen LogP contribution is 2.26. The molecule has 1 fully saturated rings. The molecule has 1 aliphatic rings. The molecule has 0 bridgehead atoms. The number of nitrogens with zero attached hydrogens (tertiary/aromatic N) is 1. The molecule has 0 saturated carbocycles. The van der Waals surface area contributed by atoms with Crippen molar-refractivity contribution >= 4 is 17.5 Å². The lowest BCUT2D eigenvalue weighted by Gasteiger charge is -2.33. The summed E-state index contributed by atoms with van der Waals surface area (Å²) in [5, 5.41) is 18.9. The zero-order valence-electron chi connectivity index (χ0n) is 10.8. The summed E-state index contributed by atoms with van der Waals surface area (Å²) in [5.41, 5.74) is 0.315. The number of carbonyl (C=O) groups excluding carboxylic acids is 1. The molecule has 0 radical (unpaired) electrons. The number of benzene rings is 1. The third-order valence-electron chi connectivity index (χ3n) is 3.63. The summed E-state index contributed by atoms with van der Waals surface area (Å²) < 4.78 is 0. The van der Waals surface area contributed by atoms with Crippen LogP contribution in [0.15, 0.2) is 18.2 Å². The number of phenolic OH excluding ortho intramolecular Hbond substituents is 2. The van der Waals surface area contributed by atoms with Gasteiger partial charge in [0.15, 0.2) is 0 Å². The van der Waals surface area contributed by atoms with Gasteiger partial charge in [-0.05, 0) is 37.8 Å². The van der Waals surface area contributed by atoms with Gasteiger partial charge in [0.05, 0.1) is 0 Å². The molecule has 1 heterocycles. The minimum Gasteiger partial charge on any atom is -0.508 e. The van der Waals surface area contributed by atoms with E-state index in [0.717, 1.165) is 12.8 Å². The number of amides is 1. The third kappa shape index (κ3) is 3.32. The second-order valence-electron chi connectivity index (χ2n) is 5.05. The van der Waals surface area contributed by atoms with Crippen molar-refractivity contribution in [1.29, 1.82) is 0 Å². The quantitative estimate of drug-likeness (QED) is 0.820. The summed E-state index contributed by atoms with van der Waals surface area (Å²) in [4.78, 5) is 14.0. The standard InChI is InChI=1S/C14H18ClNO3/c1-9(15)10-2-4-16(5-3-10)14(19)11-6-12(17)8-13(18)7-11/h6-10,17-18H,2-5H2,1H3. The summed E-state index contributed by atoms with van der Waals surface area (Å²) in [6.07, 6.45) is 1.78. The van der Waals surface area contributed by atoms with Crippen molar-refractivity contribution in [2.24, 2.45) is 5.92 Å². The van der Waals surface area contributed by atoms with Crippen LogP contribution in [0.4, 0.5) is 0 Å². The number of hydrogen-bond donors (Lipinski definition) is 2. The molecular weight excluding hydrogens is 266 g/mol. The van der Waals surface area contributed by atoms with Crippen molar-refractivity contribution in [3.05, 3.63) is 23.8 Å². The number of carbonyl (C=O) groups is 1. The van der Waals surface area contributed by atoms with Gasteiger partial charge in [-0.1, -0.05) is 0 Å². The summed E-state index contributed by atoms with van der Waals surface area (Å²) in [6.45, 7) is 3.31. The van der Waals surface area contributed by atoms with Gasteiger partial charge in [-0.25, -0.2) is 0 Å². The van der Waals surface area contributed by atoms with E-state index in [1.807, 2.05) is 6.92 Å². The summed E-state index contributed by atoms with van der Waals surface area (Å²) in [5.74, 6) is 0.0791. The number of hydrogen-bond acceptors (Lipinski definition) is 3. The second-order valence-corrected chi connectivity index (χ2v) is 5.73. The number of phenols is 2. The number of likely N-dealkylation sites (tertiary alicyclic amines) is 1. The molecule has 0 spiro atoms. The zero-order valence-corrected chi connectivity index (χ0v) is 11.6. The van der Waals surface area contributed by atoms with E-state index in [1.165, 1.54) is 18.2 Å². The van der Waals surface area contributed by atoms with Crippen LogP contribution in [-0.4, -0.2) is 39.5 Å². The molecule has 5 heteroatoms. The molecule has 0 aromatic heterocycles. The Balaban J connectivity index is 2.05. The van der Waals surface area contributed by atoms with Crippen molar-refractivity contribution in [2.75, 3.05) is 13.1 Å². The van der Waals surface area contributed by atoms with Crippen LogP contribution in [0.5, 0.6) is 11.5 Å². The maximum absolute atomic E-state index is 12.3. The lowest BCUT2D eigenvalue weighted by atomic mass is 9.93. The monoisotopic (exact) mass is 283 g/mol. The Hall–Kier alpha value is -1.42. The fraction of sp³-hybridized carbons (Fsp3) is 0.500. The van der Waals surface area contributed by atoms with Crippen molar-refractivity contribution in [3.8, 4) is 11.5 Å². The van der Waals surface area contributed by atoms with Crippen LogP contribution in [0.3, 0.4) is 0 Å². The Morgan fingerprint density at radius 1 is 1.26 bits per heavy atom. The molecule has 1 atom stereocenters. The molecular formula is C14H18ClNO3. The predicted octanol–water partition coefficient (Wildman–Crippen LogP) is 2.58. The first kappa shape index (κ1) is 14.0. The van der Waals surface area contributed by atoms with E-state index in [4.69, 9.17) is 11.6 Å². The lowest BCUT2D eigenvalue weighted by molar-refractivity contribution is 0.0689. The van der Waals surface area contributed by atoms with Gasteiger partial charge in [0.25, 0.3) is 5.91 Å². The highest BCUT2D eigenvalue weighted by Gasteiger charge is 2.26. The molecule has 1 aromatic carbocycles. The normalized spacial score (nSPS) is 18.3. The van der Waals surface area contributed by atoms with E-state index in [2.05, 4.69) is 0 Å². The lowest BCUT2D eigenvalue weighted by Crippen LogP contribution is -2.40. The first-order valence-electron chi connectivity index (χ1n) is 6.43. The fourth-order valence-corrected chi connectivity index (χ4v) is 2.72. The maximum atomic E-state index is 12.3. The van der Waals surface area contributed by atoms with Crippen LogP contribution in [0.2, 0.25) is 0 Å². The molecule has 0 aliphatic carbocycles. The van der Waals surface area contributed by atoms with E-state index >= 15 is 0 Å². The Morgan fingerprint density at radius 3 is 2.26 bits per heavy atom. The largest absolute Gasteiger partial charge is 0.508 e. The third-order valence-corrected chi connectivity index (χ3v) is 3.98. The smallest absolute Gasteiger partial charge is 0.254 e. The molecule has 4 nitrogen and oxygen atoms in total. The first-order valence-corrected chi connectivity index (χ1v) is 6.87. The average Bonchev–Trinajstić information content (AvgIpc) is 2.37.